The number of rotatable bonds is 16. The summed E-state index contributed by atoms with van der Waals surface area (Å²) < 4.78 is 17.3. The summed E-state index contributed by atoms with van der Waals surface area (Å²) in [6.45, 7) is 26.1. The van der Waals surface area contributed by atoms with Gasteiger partial charge in [-0.1, -0.05) is 83.1 Å². The Kier molecular flexibility index (Phi) is 13.3. The maximum absolute atomic E-state index is 12.3. The first-order chi connectivity index (χ1) is 16.4. The third kappa shape index (κ3) is 15.7. The van der Waals surface area contributed by atoms with Crippen LogP contribution >= 0.6 is 0 Å². The van der Waals surface area contributed by atoms with Crippen molar-refractivity contribution in [2.75, 3.05) is 39.6 Å². The number of ether oxygens (including phenoxy) is 3. The summed E-state index contributed by atoms with van der Waals surface area (Å²) in [5.74, 6) is -1.64. The fourth-order valence-electron chi connectivity index (χ4n) is 5.69. The SMILES string of the molecule is CC(C)(C)CC(COCCOCCOCC(CC(C)(C)C)(CC(C)(C)C)C(=O)O)(CC(C)(C)C)C(=O)O. The molecule has 7 nitrogen and oxygen atoms in total. The first kappa shape index (κ1) is 35.8. The zero-order valence-electron chi connectivity index (χ0n) is 26.0. The lowest BCUT2D eigenvalue weighted by atomic mass is 9.66. The lowest BCUT2D eigenvalue weighted by Crippen LogP contribution is -2.42. The predicted octanol–water partition coefficient (Wildman–Crippen LogP) is 6.92. The Morgan fingerprint density at radius 1 is 0.459 bits per heavy atom. The van der Waals surface area contributed by atoms with Gasteiger partial charge in [0.1, 0.15) is 0 Å². The number of aliphatic carboxylic acids is 2. The second kappa shape index (κ2) is 13.7. The van der Waals surface area contributed by atoms with E-state index >= 15 is 0 Å². The van der Waals surface area contributed by atoms with Gasteiger partial charge >= 0.3 is 11.9 Å². The van der Waals surface area contributed by atoms with Crippen molar-refractivity contribution in [1.29, 1.82) is 0 Å². The van der Waals surface area contributed by atoms with Gasteiger partial charge in [0.15, 0.2) is 0 Å². The minimum Gasteiger partial charge on any atom is -0.481 e. The smallest absolute Gasteiger partial charge is 0.312 e. The summed E-state index contributed by atoms with van der Waals surface area (Å²) in [7, 11) is 0. The average Bonchev–Trinajstić information content (AvgIpc) is 2.60. The molecule has 0 bridgehead atoms. The van der Waals surface area contributed by atoms with Gasteiger partial charge in [-0.3, -0.25) is 9.59 Å². The number of carbonyl (C=O) groups is 2. The van der Waals surface area contributed by atoms with Gasteiger partial charge in [0.25, 0.3) is 0 Å². The van der Waals surface area contributed by atoms with Crippen LogP contribution in [0.5, 0.6) is 0 Å². The van der Waals surface area contributed by atoms with Crippen molar-refractivity contribution < 1.29 is 34.0 Å². The first-order valence-corrected chi connectivity index (χ1v) is 13.6. The Morgan fingerprint density at radius 3 is 0.865 bits per heavy atom. The van der Waals surface area contributed by atoms with Crippen molar-refractivity contribution in [2.24, 2.45) is 32.5 Å². The molecule has 0 amide bonds. The highest BCUT2D eigenvalue weighted by Gasteiger charge is 2.46. The van der Waals surface area contributed by atoms with E-state index in [0.717, 1.165) is 0 Å². The van der Waals surface area contributed by atoms with Crippen molar-refractivity contribution in [2.45, 2.75) is 109 Å². The van der Waals surface area contributed by atoms with E-state index in [0.29, 0.717) is 38.9 Å². The van der Waals surface area contributed by atoms with E-state index in [1.165, 1.54) is 0 Å². The monoisotopic (exact) mass is 530 g/mol. The zero-order chi connectivity index (χ0) is 29.3. The fraction of sp³-hybridized carbons (Fsp3) is 0.933. The molecule has 0 fully saturated rings. The molecule has 0 saturated carbocycles. The van der Waals surface area contributed by atoms with E-state index in [4.69, 9.17) is 14.2 Å². The van der Waals surface area contributed by atoms with Crippen LogP contribution in [0.4, 0.5) is 0 Å². The van der Waals surface area contributed by atoms with E-state index < -0.39 is 22.8 Å². The molecule has 2 N–H and O–H groups in total. The van der Waals surface area contributed by atoms with Gasteiger partial charge in [0.05, 0.1) is 50.5 Å². The molecule has 37 heavy (non-hydrogen) atoms. The Balaban J connectivity index is 4.83. The highest BCUT2D eigenvalue weighted by atomic mass is 16.5. The molecule has 0 unspecified atom stereocenters. The van der Waals surface area contributed by atoms with E-state index in [2.05, 4.69) is 83.1 Å². The standard InChI is InChI=1S/C30H58O7/c1-25(2,3)17-29(23(31)32,18-26(4,5)6)21-36-15-13-35-14-16-37-22-30(24(33)34,19-27(7,8)9)20-28(10,11)12/h13-22H2,1-12H3,(H,31,32)(H,33,34). The van der Waals surface area contributed by atoms with Crippen LogP contribution in [0.3, 0.4) is 0 Å². The highest BCUT2D eigenvalue weighted by Crippen LogP contribution is 2.44. The summed E-state index contributed by atoms with van der Waals surface area (Å²) in [5, 5.41) is 20.3. The molecule has 0 radical (unpaired) electrons. The van der Waals surface area contributed by atoms with Gasteiger partial charge in [-0.25, -0.2) is 0 Å². The minimum absolute atomic E-state index is 0.136. The van der Waals surface area contributed by atoms with Crippen LogP contribution in [0, 0.1) is 32.5 Å². The largest absolute Gasteiger partial charge is 0.481 e. The van der Waals surface area contributed by atoms with Crippen LogP contribution in [0.15, 0.2) is 0 Å². The van der Waals surface area contributed by atoms with E-state index in [-0.39, 0.29) is 48.1 Å². The van der Waals surface area contributed by atoms with Crippen molar-refractivity contribution in [1.82, 2.24) is 0 Å². The summed E-state index contributed by atoms with van der Waals surface area (Å²) >= 11 is 0. The summed E-state index contributed by atoms with van der Waals surface area (Å²) in [6.07, 6.45) is 2.09. The lowest BCUT2D eigenvalue weighted by molar-refractivity contribution is -0.159. The summed E-state index contributed by atoms with van der Waals surface area (Å²) in [6, 6.07) is 0. The highest BCUT2D eigenvalue weighted by molar-refractivity contribution is 5.75. The zero-order valence-corrected chi connectivity index (χ0v) is 26.0. The van der Waals surface area contributed by atoms with E-state index in [9.17, 15) is 19.8 Å². The summed E-state index contributed by atoms with van der Waals surface area (Å²) in [5.41, 5.74) is -2.50. The van der Waals surface area contributed by atoms with Crippen LogP contribution in [0.25, 0.3) is 0 Å². The quantitative estimate of drug-likeness (QED) is 0.209. The number of carboxylic acid groups (broad SMARTS) is 2. The second-order valence-electron chi connectivity index (χ2n) is 15.8. The van der Waals surface area contributed by atoms with Crippen LogP contribution in [0.1, 0.15) is 109 Å². The van der Waals surface area contributed by atoms with Gasteiger partial charge in [0.2, 0.25) is 0 Å². The maximum Gasteiger partial charge on any atom is 0.312 e. The first-order valence-electron chi connectivity index (χ1n) is 13.6. The molecule has 0 aromatic carbocycles. The molecule has 220 valence electrons. The molecule has 0 aliphatic heterocycles. The molecular weight excluding hydrogens is 472 g/mol. The summed E-state index contributed by atoms with van der Waals surface area (Å²) in [4.78, 5) is 24.7. The fourth-order valence-corrected chi connectivity index (χ4v) is 5.69. The van der Waals surface area contributed by atoms with Crippen molar-refractivity contribution in [3.05, 3.63) is 0 Å². The van der Waals surface area contributed by atoms with Gasteiger partial charge < -0.3 is 24.4 Å². The number of hydrogen-bond acceptors (Lipinski definition) is 5. The third-order valence-electron chi connectivity index (χ3n) is 5.88. The molecular formula is C30H58O7. The number of carboxylic acids is 2. The molecule has 0 aromatic heterocycles. The Morgan fingerprint density at radius 2 is 0.676 bits per heavy atom. The van der Waals surface area contributed by atoms with E-state index in [1.807, 2.05) is 0 Å². The topological polar surface area (TPSA) is 102 Å². The van der Waals surface area contributed by atoms with Crippen LogP contribution in [-0.4, -0.2) is 61.8 Å². The second-order valence-corrected chi connectivity index (χ2v) is 15.8. The normalized spacial score (nSPS) is 14.2. The van der Waals surface area contributed by atoms with Gasteiger partial charge in [-0.15, -0.1) is 0 Å². The van der Waals surface area contributed by atoms with Crippen LogP contribution < -0.4 is 0 Å². The van der Waals surface area contributed by atoms with Crippen molar-refractivity contribution in [3.8, 4) is 0 Å². The molecule has 0 spiro atoms. The average molecular weight is 531 g/mol. The molecule has 0 aromatic rings. The molecule has 0 atom stereocenters. The Bertz CT molecular complexity index is 607. The third-order valence-corrected chi connectivity index (χ3v) is 5.88. The Hall–Kier alpha value is -1.18. The van der Waals surface area contributed by atoms with Gasteiger partial charge in [-0.2, -0.15) is 0 Å². The molecule has 0 heterocycles. The van der Waals surface area contributed by atoms with Crippen molar-refractivity contribution >= 4 is 11.9 Å². The minimum atomic E-state index is -0.958. The van der Waals surface area contributed by atoms with E-state index in [1.54, 1.807) is 0 Å². The van der Waals surface area contributed by atoms with Gasteiger partial charge in [-0.05, 0) is 47.3 Å². The van der Waals surface area contributed by atoms with Crippen LogP contribution in [-0.2, 0) is 23.8 Å². The molecule has 0 rings (SSSR count). The Labute approximate surface area is 227 Å². The molecule has 0 aliphatic rings. The predicted molar refractivity (Wildman–Crippen MR) is 149 cm³/mol. The molecule has 0 saturated heterocycles. The maximum atomic E-state index is 12.3. The number of hydrogen-bond donors (Lipinski definition) is 2. The van der Waals surface area contributed by atoms with Crippen molar-refractivity contribution in [3.63, 3.8) is 0 Å². The van der Waals surface area contributed by atoms with Gasteiger partial charge in [0, 0.05) is 0 Å². The molecule has 0 aliphatic carbocycles. The van der Waals surface area contributed by atoms with Crippen LogP contribution in [0.2, 0.25) is 0 Å². The lowest BCUT2D eigenvalue weighted by Gasteiger charge is -2.39. The molecule has 7 heteroatoms.